The second kappa shape index (κ2) is 8.07. The minimum absolute atomic E-state index is 0.0588. The maximum Gasteiger partial charge on any atom is 0.341 e. The van der Waals surface area contributed by atoms with Crippen LogP contribution in [0, 0.1) is 20.8 Å². The molecule has 0 saturated carbocycles. The molecular formula is C19H21NO4S. The topological polar surface area (TPSA) is 72.5 Å². The third-order valence-corrected chi connectivity index (χ3v) is 5.10. The Hall–Kier alpha value is -2.47. The van der Waals surface area contributed by atoms with Crippen molar-refractivity contribution in [1.82, 2.24) is 0 Å². The first-order chi connectivity index (χ1) is 11.8. The second-order valence-electron chi connectivity index (χ2n) is 5.82. The lowest BCUT2D eigenvalue weighted by Gasteiger charge is -2.06. The van der Waals surface area contributed by atoms with Crippen molar-refractivity contribution in [2.45, 2.75) is 33.6 Å². The summed E-state index contributed by atoms with van der Waals surface area (Å²) in [7, 11) is 1.31. The molecule has 1 amide bonds. The summed E-state index contributed by atoms with van der Waals surface area (Å²) in [4.78, 5) is 37.2. The molecule has 25 heavy (non-hydrogen) atoms. The highest BCUT2D eigenvalue weighted by Gasteiger charge is 2.21. The number of aryl methyl sites for hydroxylation is 2. The zero-order chi connectivity index (χ0) is 18.6. The van der Waals surface area contributed by atoms with Gasteiger partial charge in [-0.3, -0.25) is 9.59 Å². The number of hydrogen-bond donors (Lipinski definition) is 1. The summed E-state index contributed by atoms with van der Waals surface area (Å²) in [6.07, 6.45) is 0.176. The van der Waals surface area contributed by atoms with Crippen molar-refractivity contribution in [3.63, 3.8) is 0 Å². The molecule has 2 aromatic rings. The van der Waals surface area contributed by atoms with Crippen LogP contribution in [0.25, 0.3) is 0 Å². The summed E-state index contributed by atoms with van der Waals surface area (Å²) in [6.45, 7) is 5.64. The molecular weight excluding hydrogens is 338 g/mol. The number of hydrogen-bond acceptors (Lipinski definition) is 5. The number of esters is 1. The number of benzene rings is 1. The number of rotatable bonds is 6. The zero-order valence-electron chi connectivity index (χ0n) is 14.8. The Morgan fingerprint density at radius 1 is 1.04 bits per heavy atom. The maximum absolute atomic E-state index is 12.2. The molecule has 5 nitrogen and oxygen atoms in total. The van der Waals surface area contributed by atoms with Crippen molar-refractivity contribution in [1.29, 1.82) is 0 Å². The van der Waals surface area contributed by atoms with E-state index >= 15 is 0 Å². The summed E-state index contributed by atoms with van der Waals surface area (Å²) in [5.41, 5.74) is 2.84. The molecule has 6 heteroatoms. The van der Waals surface area contributed by atoms with Gasteiger partial charge in [0.1, 0.15) is 5.00 Å². The van der Waals surface area contributed by atoms with E-state index in [4.69, 9.17) is 4.74 Å². The minimum Gasteiger partial charge on any atom is -0.465 e. The lowest BCUT2D eigenvalue weighted by Crippen LogP contribution is -2.15. The predicted molar refractivity (Wildman–Crippen MR) is 98.5 cm³/mol. The fourth-order valence-corrected chi connectivity index (χ4v) is 3.43. The summed E-state index contributed by atoms with van der Waals surface area (Å²) in [6, 6.07) is 7.26. The van der Waals surface area contributed by atoms with Gasteiger partial charge in [0, 0.05) is 23.3 Å². The number of thiophene rings is 1. The minimum atomic E-state index is -0.479. The largest absolute Gasteiger partial charge is 0.465 e. The molecule has 0 aliphatic heterocycles. The van der Waals surface area contributed by atoms with E-state index in [0.717, 1.165) is 16.0 Å². The van der Waals surface area contributed by atoms with Gasteiger partial charge in [-0.1, -0.05) is 29.8 Å². The number of carbonyl (C=O) groups is 3. The Balaban J connectivity index is 2.01. The third kappa shape index (κ3) is 4.54. The molecule has 132 valence electrons. The maximum atomic E-state index is 12.2. The van der Waals surface area contributed by atoms with Gasteiger partial charge in [-0.05, 0) is 26.3 Å². The van der Waals surface area contributed by atoms with Gasteiger partial charge in [-0.2, -0.15) is 0 Å². The van der Waals surface area contributed by atoms with Crippen molar-refractivity contribution in [2.75, 3.05) is 12.4 Å². The van der Waals surface area contributed by atoms with Crippen LogP contribution in [0.3, 0.4) is 0 Å². The van der Waals surface area contributed by atoms with Crippen LogP contribution in [0.15, 0.2) is 24.3 Å². The van der Waals surface area contributed by atoms with Crippen LogP contribution >= 0.6 is 11.3 Å². The van der Waals surface area contributed by atoms with E-state index in [1.807, 2.05) is 32.9 Å². The molecule has 0 aliphatic carbocycles. The molecule has 1 aromatic carbocycles. The second-order valence-corrected chi connectivity index (χ2v) is 7.04. The molecule has 0 radical (unpaired) electrons. The van der Waals surface area contributed by atoms with Crippen molar-refractivity contribution < 1.29 is 19.1 Å². The van der Waals surface area contributed by atoms with Crippen LogP contribution < -0.4 is 5.32 Å². The Morgan fingerprint density at radius 2 is 1.68 bits per heavy atom. The molecule has 1 N–H and O–H groups in total. The van der Waals surface area contributed by atoms with Gasteiger partial charge in [0.15, 0.2) is 5.78 Å². The van der Waals surface area contributed by atoms with Crippen LogP contribution in [-0.4, -0.2) is 24.8 Å². The zero-order valence-corrected chi connectivity index (χ0v) is 15.6. The average Bonchev–Trinajstić information content (AvgIpc) is 2.86. The Kier molecular flexibility index (Phi) is 6.09. The van der Waals surface area contributed by atoms with Crippen LogP contribution in [0.5, 0.6) is 0 Å². The highest BCUT2D eigenvalue weighted by Crippen LogP contribution is 2.33. The third-order valence-electron chi connectivity index (χ3n) is 3.98. The predicted octanol–water partition coefficient (Wildman–Crippen LogP) is 4.06. The molecule has 0 aliphatic rings. The Bertz CT molecular complexity index is 806. The first-order valence-electron chi connectivity index (χ1n) is 7.91. The van der Waals surface area contributed by atoms with Crippen molar-refractivity contribution in [3.8, 4) is 0 Å². The number of carbonyl (C=O) groups excluding carboxylic acids is 3. The number of amides is 1. The van der Waals surface area contributed by atoms with Crippen molar-refractivity contribution in [2.24, 2.45) is 0 Å². The lowest BCUT2D eigenvalue weighted by molar-refractivity contribution is -0.116. The summed E-state index contributed by atoms with van der Waals surface area (Å²) in [5, 5.41) is 3.20. The Labute approximate surface area is 151 Å². The highest BCUT2D eigenvalue weighted by atomic mass is 32.1. The average molecular weight is 359 g/mol. The fourth-order valence-electron chi connectivity index (χ4n) is 2.36. The highest BCUT2D eigenvalue weighted by molar-refractivity contribution is 7.16. The van der Waals surface area contributed by atoms with Gasteiger partial charge in [0.25, 0.3) is 0 Å². The molecule has 0 spiro atoms. The van der Waals surface area contributed by atoms with Gasteiger partial charge < -0.3 is 10.1 Å². The molecule has 1 heterocycles. The van der Waals surface area contributed by atoms with E-state index in [0.29, 0.717) is 16.1 Å². The molecule has 0 unspecified atom stereocenters. The van der Waals surface area contributed by atoms with Crippen LogP contribution in [0.2, 0.25) is 0 Å². The standard InChI is InChI=1S/C19H21NO4S/c1-11-5-7-14(8-6-11)15(21)9-10-16(22)20-18-17(19(23)24-4)12(2)13(3)25-18/h5-8H,9-10H2,1-4H3,(H,20,22). The Morgan fingerprint density at radius 3 is 2.28 bits per heavy atom. The van der Waals surface area contributed by atoms with Gasteiger partial charge in [-0.15, -0.1) is 11.3 Å². The number of anilines is 1. The number of Topliss-reactive ketones (excluding diaryl/α,β-unsaturated/α-hetero) is 1. The van der Waals surface area contributed by atoms with Gasteiger partial charge in [-0.25, -0.2) is 4.79 Å². The van der Waals surface area contributed by atoms with Gasteiger partial charge >= 0.3 is 5.97 Å². The number of methoxy groups -OCH3 is 1. The van der Waals surface area contributed by atoms with Crippen LogP contribution in [0.4, 0.5) is 5.00 Å². The van der Waals surface area contributed by atoms with E-state index in [1.165, 1.54) is 18.4 Å². The molecule has 0 atom stereocenters. The van der Waals surface area contributed by atoms with E-state index in [1.54, 1.807) is 12.1 Å². The summed E-state index contributed by atoms with van der Waals surface area (Å²) in [5.74, 6) is -0.860. The number of nitrogens with one attached hydrogen (secondary N) is 1. The molecule has 0 fully saturated rings. The molecule has 1 aromatic heterocycles. The molecule has 0 saturated heterocycles. The van der Waals surface area contributed by atoms with Crippen molar-refractivity contribution in [3.05, 3.63) is 51.4 Å². The number of ketones is 1. The number of ether oxygens (including phenoxy) is 1. The quantitative estimate of drug-likeness (QED) is 0.623. The summed E-state index contributed by atoms with van der Waals surface area (Å²) < 4.78 is 4.78. The van der Waals surface area contributed by atoms with E-state index in [9.17, 15) is 14.4 Å². The van der Waals surface area contributed by atoms with E-state index in [2.05, 4.69) is 5.32 Å². The molecule has 0 bridgehead atoms. The monoisotopic (exact) mass is 359 g/mol. The summed E-state index contributed by atoms with van der Waals surface area (Å²) >= 11 is 1.33. The fraction of sp³-hybridized carbons (Fsp3) is 0.316. The molecule has 2 rings (SSSR count). The van der Waals surface area contributed by atoms with E-state index < -0.39 is 5.97 Å². The normalized spacial score (nSPS) is 10.4. The van der Waals surface area contributed by atoms with E-state index in [-0.39, 0.29) is 24.5 Å². The lowest BCUT2D eigenvalue weighted by atomic mass is 10.0. The van der Waals surface area contributed by atoms with Crippen LogP contribution in [0.1, 0.15) is 49.6 Å². The first-order valence-corrected chi connectivity index (χ1v) is 8.73. The van der Waals surface area contributed by atoms with Crippen LogP contribution in [-0.2, 0) is 9.53 Å². The smallest absolute Gasteiger partial charge is 0.341 e. The van der Waals surface area contributed by atoms with Gasteiger partial charge in [0.05, 0.1) is 12.7 Å². The first kappa shape index (κ1) is 18.9. The SMILES string of the molecule is COC(=O)c1c(NC(=O)CCC(=O)c2ccc(C)cc2)sc(C)c1C. The van der Waals surface area contributed by atoms with Gasteiger partial charge in [0.2, 0.25) is 5.91 Å². The van der Waals surface area contributed by atoms with Crippen molar-refractivity contribution >= 4 is 34.0 Å².